The van der Waals surface area contributed by atoms with Gasteiger partial charge in [0.25, 0.3) is 5.91 Å². The highest BCUT2D eigenvalue weighted by Gasteiger charge is 2.15. The van der Waals surface area contributed by atoms with E-state index in [2.05, 4.69) is 30.8 Å². The number of rotatable bonds is 6. The molecule has 1 aromatic carbocycles. The molecule has 1 unspecified atom stereocenters. The fraction of sp³-hybridized carbons (Fsp3) is 0.500. The molecular formula is C14H23N3O2. The zero-order valence-corrected chi connectivity index (χ0v) is 12.0. The Labute approximate surface area is 114 Å². The normalized spacial score (nSPS) is 12.3. The Kier molecular flexibility index (Phi) is 5.79. The van der Waals surface area contributed by atoms with Gasteiger partial charge in [-0.05, 0) is 29.5 Å². The van der Waals surface area contributed by atoms with E-state index < -0.39 is 6.04 Å². The number of hydrazine groups is 1. The Morgan fingerprint density at radius 1 is 1.42 bits per heavy atom. The first-order valence-corrected chi connectivity index (χ1v) is 6.38. The van der Waals surface area contributed by atoms with Crippen LogP contribution >= 0.6 is 0 Å². The monoisotopic (exact) mass is 265 g/mol. The van der Waals surface area contributed by atoms with Gasteiger partial charge in [0.2, 0.25) is 0 Å². The number of methoxy groups -OCH3 is 1. The summed E-state index contributed by atoms with van der Waals surface area (Å²) < 4.78 is 5.33. The fourth-order valence-corrected chi connectivity index (χ4v) is 1.92. The van der Waals surface area contributed by atoms with Gasteiger partial charge in [0.05, 0.1) is 13.2 Å². The summed E-state index contributed by atoms with van der Waals surface area (Å²) in [6, 6.07) is 5.35. The molecule has 0 radical (unpaired) electrons. The lowest BCUT2D eigenvalue weighted by molar-refractivity contribution is -0.123. The maximum Gasteiger partial charge on any atom is 0.251 e. The standard InChI is InChI=1S/C14H23N3O2/c1-9(2)11-7-10(5-6-13(11)19-4)8-12(15)14(18)17-16-3/h5-7,9,12,16H,8,15H2,1-4H3,(H,17,18). The van der Waals surface area contributed by atoms with Crippen LogP contribution in [0, 0.1) is 0 Å². The maximum absolute atomic E-state index is 11.6. The van der Waals surface area contributed by atoms with Gasteiger partial charge in [-0.1, -0.05) is 26.0 Å². The minimum atomic E-state index is -0.569. The number of ether oxygens (including phenoxy) is 1. The second-order valence-electron chi connectivity index (χ2n) is 4.78. The number of carbonyl (C=O) groups is 1. The van der Waals surface area contributed by atoms with Gasteiger partial charge in [0.15, 0.2) is 0 Å². The van der Waals surface area contributed by atoms with Crippen molar-refractivity contribution >= 4 is 5.91 Å². The van der Waals surface area contributed by atoms with Crippen molar-refractivity contribution in [3.05, 3.63) is 29.3 Å². The van der Waals surface area contributed by atoms with E-state index >= 15 is 0 Å². The largest absolute Gasteiger partial charge is 0.496 e. The smallest absolute Gasteiger partial charge is 0.251 e. The third kappa shape index (κ3) is 4.22. The lowest BCUT2D eigenvalue weighted by atomic mass is 9.96. The van der Waals surface area contributed by atoms with E-state index in [0.29, 0.717) is 12.3 Å². The minimum Gasteiger partial charge on any atom is -0.496 e. The molecule has 0 aliphatic carbocycles. The lowest BCUT2D eigenvalue weighted by Crippen LogP contribution is -2.46. The van der Waals surface area contributed by atoms with Crippen LogP contribution in [0.2, 0.25) is 0 Å². The van der Waals surface area contributed by atoms with Crippen molar-refractivity contribution in [3.8, 4) is 5.75 Å². The van der Waals surface area contributed by atoms with Crippen molar-refractivity contribution in [1.82, 2.24) is 10.9 Å². The number of benzene rings is 1. The summed E-state index contributed by atoms with van der Waals surface area (Å²) in [7, 11) is 3.29. The van der Waals surface area contributed by atoms with Gasteiger partial charge in [0, 0.05) is 7.05 Å². The first kappa shape index (κ1) is 15.5. The molecule has 5 nitrogen and oxygen atoms in total. The topological polar surface area (TPSA) is 76.4 Å². The van der Waals surface area contributed by atoms with Gasteiger partial charge in [-0.25, -0.2) is 5.43 Å². The molecule has 0 saturated carbocycles. The summed E-state index contributed by atoms with van der Waals surface area (Å²) >= 11 is 0. The number of nitrogens with one attached hydrogen (secondary N) is 2. The molecular weight excluding hydrogens is 242 g/mol. The van der Waals surface area contributed by atoms with E-state index in [1.807, 2.05) is 12.1 Å². The summed E-state index contributed by atoms with van der Waals surface area (Å²) in [6.45, 7) is 4.21. The average Bonchev–Trinajstić information content (AvgIpc) is 2.38. The zero-order valence-electron chi connectivity index (χ0n) is 12.0. The molecule has 1 atom stereocenters. The van der Waals surface area contributed by atoms with Crippen molar-refractivity contribution in [2.45, 2.75) is 32.2 Å². The quantitative estimate of drug-likeness (QED) is 0.669. The Morgan fingerprint density at radius 2 is 2.11 bits per heavy atom. The molecule has 4 N–H and O–H groups in total. The minimum absolute atomic E-state index is 0.218. The van der Waals surface area contributed by atoms with Crippen LogP contribution in [-0.2, 0) is 11.2 Å². The SMILES string of the molecule is CNNC(=O)C(N)Cc1ccc(OC)c(C(C)C)c1. The zero-order chi connectivity index (χ0) is 14.4. The van der Waals surface area contributed by atoms with E-state index in [0.717, 1.165) is 16.9 Å². The maximum atomic E-state index is 11.6. The predicted molar refractivity (Wildman–Crippen MR) is 76.0 cm³/mol. The third-order valence-electron chi connectivity index (χ3n) is 2.96. The number of hydrogen-bond donors (Lipinski definition) is 3. The Morgan fingerprint density at radius 3 is 2.63 bits per heavy atom. The molecule has 0 spiro atoms. The van der Waals surface area contributed by atoms with Crippen molar-refractivity contribution in [2.75, 3.05) is 14.2 Å². The van der Waals surface area contributed by atoms with Gasteiger partial charge >= 0.3 is 0 Å². The van der Waals surface area contributed by atoms with E-state index in [1.165, 1.54) is 0 Å². The van der Waals surface area contributed by atoms with E-state index in [4.69, 9.17) is 10.5 Å². The molecule has 1 amide bonds. The highest BCUT2D eigenvalue weighted by Crippen LogP contribution is 2.27. The molecule has 0 saturated heterocycles. The number of carbonyl (C=O) groups excluding carboxylic acids is 1. The number of hydrogen-bond acceptors (Lipinski definition) is 4. The van der Waals surface area contributed by atoms with Crippen LogP contribution in [0.25, 0.3) is 0 Å². The Balaban J connectivity index is 2.85. The summed E-state index contributed by atoms with van der Waals surface area (Å²) in [4.78, 5) is 11.6. The summed E-state index contributed by atoms with van der Waals surface area (Å²) in [5, 5.41) is 0. The van der Waals surface area contributed by atoms with Gasteiger partial charge in [-0.2, -0.15) is 0 Å². The summed E-state index contributed by atoms with van der Waals surface area (Å²) in [5.74, 6) is 1.01. The predicted octanol–water partition coefficient (Wildman–Crippen LogP) is 0.939. The van der Waals surface area contributed by atoms with Crippen LogP contribution in [0.15, 0.2) is 18.2 Å². The molecule has 0 bridgehead atoms. The molecule has 1 aromatic rings. The lowest BCUT2D eigenvalue weighted by Gasteiger charge is -2.16. The van der Waals surface area contributed by atoms with Crippen LogP contribution in [0.3, 0.4) is 0 Å². The number of amides is 1. The van der Waals surface area contributed by atoms with Gasteiger partial charge in [-0.3, -0.25) is 10.2 Å². The first-order chi connectivity index (χ1) is 8.99. The van der Waals surface area contributed by atoms with E-state index in [-0.39, 0.29) is 5.91 Å². The Bertz CT molecular complexity index is 433. The first-order valence-electron chi connectivity index (χ1n) is 6.38. The highest BCUT2D eigenvalue weighted by molar-refractivity contribution is 5.81. The van der Waals surface area contributed by atoms with Crippen LogP contribution in [0.5, 0.6) is 5.75 Å². The van der Waals surface area contributed by atoms with Crippen LogP contribution in [0.1, 0.15) is 30.9 Å². The van der Waals surface area contributed by atoms with Crippen molar-refractivity contribution in [1.29, 1.82) is 0 Å². The van der Waals surface area contributed by atoms with Crippen molar-refractivity contribution in [2.24, 2.45) is 5.73 Å². The molecule has 0 aromatic heterocycles. The molecule has 19 heavy (non-hydrogen) atoms. The fourth-order valence-electron chi connectivity index (χ4n) is 1.92. The van der Waals surface area contributed by atoms with Gasteiger partial charge in [-0.15, -0.1) is 0 Å². The van der Waals surface area contributed by atoms with Crippen molar-refractivity contribution in [3.63, 3.8) is 0 Å². The summed E-state index contributed by atoms with van der Waals surface area (Å²) in [5.41, 5.74) is 13.1. The Hall–Kier alpha value is -1.59. The third-order valence-corrected chi connectivity index (χ3v) is 2.96. The molecule has 5 heteroatoms. The van der Waals surface area contributed by atoms with Gasteiger partial charge < -0.3 is 10.5 Å². The van der Waals surface area contributed by atoms with Gasteiger partial charge in [0.1, 0.15) is 5.75 Å². The van der Waals surface area contributed by atoms with Crippen molar-refractivity contribution < 1.29 is 9.53 Å². The molecule has 0 heterocycles. The molecule has 0 aliphatic rings. The molecule has 106 valence electrons. The molecule has 0 aliphatic heterocycles. The van der Waals surface area contributed by atoms with Crippen LogP contribution < -0.4 is 21.3 Å². The van der Waals surface area contributed by atoms with Crippen LogP contribution in [0.4, 0.5) is 0 Å². The second-order valence-corrected chi connectivity index (χ2v) is 4.78. The van der Waals surface area contributed by atoms with E-state index in [1.54, 1.807) is 14.2 Å². The van der Waals surface area contributed by atoms with E-state index in [9.17, 15) is 4.79 Å². The summed E-state index contributed by atoms with van der Waals surface area (Å²) in [6.07, 6.45) is 0.497. The van der Waals surface area contributed by atoms with Crippen LogP contribution in [-0.4, -0.2) is 26.1 Å². The average molecular weight is 265 g/mol. The second kappa shape index (κ2) is 7.11. The molecule has 0 fully saturated rings. The highest BCUT2D eigenvalue weighted by atomic mass is 16.5. The molecule has 1 rings (SSSR count). The number of nitrogens with two attached hydrogens (primary N) is 1.